The maximum atomic E-state index is 12.6. The molecule has 5 heteroatoms. The van der Waals surface area contributed by atoms with Crippen LogP contribution < -0.4 is 10.1 Å². The highest BCUT2D eigenvalue weighted by molar-refractivity contribution is 6.04. The molecule has 0 spiro atoms. The molecule has 0 fully saturated rings. The average Bonchev–Trinajstić information content (AvgIpc) is 3.11. The van der Waals surface area contributed by atoms with E-state index in [1.165, 1.54) is 0 Å². The molecule has 0 aliphatic carbocycles. The maximum Gasteiger partial charge on any atom is 0.256 e. The Kier molecular flexibility index (Phi) is 4.44. The molecule has 2 aromatic carbocycles. The minimum Gasteiger partial charge on any atom is -0.496 e. The molecule has 1 amide bonds. The van der Waals surface area contributed by atoms with Crippen molar-refractivity contribution < 1.29 is 9.53 Å². The molecule has 3 aromatic rings. The van der Waals surface area contributed by atoms with Gasteiger partial charge in [-0.15, -0.1) is 0 Å². The van der Waals surface area contributed by atoms with E-state index in [-0.39, 0.29) is 5.91 Å². The minimum absolute atomic E-state index is 0.121. The number of rotatable bonds is 4. The van der Waals surface area contributed by atoms with Gasteiger partial charge in [0.25, 0.3) is 5.91 Å². The molecule has 4 rings (SSSR count). The monoisotopic (exact) mass is 347 g/mol. The molecule has 132 valence electrons. The van der Waals surface area contributed by atoms with Crippen molar-refractivity contribution in [2.24, 2.45) is 0 Å². The average molecular weight is 347 g/mol. The first-order valence-electron chi connectivity index (χ1n) is 8.85. The van der Waals surface area contributed by atoms with Gasteiger partial charge in [0.05, 0.1) is 13.3 Å². The summed E-state index contributed by atoms with van der Waals surface area (Å²) in [6, 6.07) is 15.4. The number of methoxy groups -OCH3 is 1. The number of para-hydroxylation sites is 1. The normalized spacial score (nSPS) is 13.1. The number of aromatic nitrogens is 2. The predicted octanol–water partition coefficient (Wildman–Crippen LogP) is 4.15. The van der Waals surface area contributed by atoms with Crippen LogP contribution in [0.25, 0.3) is 11.1 Å². The lowest BCUT2D eigenvalue weighted by molar-refractivity contribution is 0.102. The third kappa shape index (κ3) is 3.08. The molecule has 1 N–H and O–H groups in total. The number of ether oxygens (including phenoxy) is 1. The highest BCUT2D eigenvalue weighted by Gasteiger charge is 2.16. The topological polar surface area (TPSA) is 56.1 Å². The van der Waals surface area contributed by atoms with E-state index < -0.39 is 0 Å². The number of nitrogens with zero attached hydrogens (tertiary/aromatic N) is 2. The van der Waals surface area contributed by atoms with Crippen LogP contribution in [0.3, 0.4) is 0 Å². The number of anilines is 1. The van der Waals surface area contributed by atoms with Crippen molar-refractivity contribution in [1.29, 1.82) is 0 Å². The van der Waals surface area contributed by atoms with Gasteiger partial charge in [0.15, 0.2) is 0 Å². The summed E-state index contributed by atoms with van der Waals surface area (Å²) in [4.78, 5) is 17.0. The van der Waals surface area contributed by atoms with Crippen molar-refractivity contribution in [1.82, 2.24) is 9.55 Å². The molecule has 1 aliphatic rings. The van der Waals surface area contributed by atoms with Crippen LogP contribution in [-0.2, 0) is 13.0 Å². The van der Waals surface area contributed by atoms with E-state index in [9.17, 15) is 4.79 Å². The summed E-state index contributed by atoms with van der Waals surface area (Å²) < 4.78 is 7.51. The summed E-state index contributed by atoms with van der Waals surface area (Å²) in [6.45, 7) is 0.914. The molecule has 0 saturated carbocycles. The molecule has 0 radical (unpaired) electrons. The summed E-state index contributed by atoms with van der Waals surface area (Å²) in [5, 5.41) is 2.98. The summed E-state index contributed by atoms with van der Waals surface area (Å²) >= 11 is 0. The Morgan fingerprint density at radius 3 is 2.73 bits per heavy atom. The number of hydrogen-bond donors (Lipinski definition) is 1. The largest absolute Gasteiger partial charge is 0.496 e. The molecule has 1 aliphatic heterocycles. The predicted molar refractivity (Wildman–Crippen MR) is 102 cm³/mol. The summed E-state index contributed by atoms with van der Waals surface area (Å²) in [6.07, 6.45) is 5.01. The van der Waals surface area contributed by atoms with E-state index in [4.69, 9.17) is 4.74 Å². The van der Waals surface area contributed by atoms with Crippen molar-refractivity contribution in [2.45, 2.75) is 25.8 Å². The van der Waals surface area contributed by atoms with Crippen LogP contribution in [0.2, 0.25) is 0 Å². The second kappa shape index (κ2) is 7.04. The number of carbonyl (C=O) groups excluding carboxylic acids is 1. The van der Waals surface area contributed by atoms with Crippen molar-refractivity contribution in [2.75, 3.05) is 12.4 Å². The zero-order valence-electron chi connectivity index (χ0n) is 14.7. The van der Waals surface area contributed by atoms with Crippen LogP contribution in [0.4, 0.5) is 5.82 Å². The van der Waals surface area contributed by atoms with Gasteiger partial charge in [-0.05, 0) is 36.6 Å². The number of amides is 1. The third-order valence-electron chi connectivity index (χ3n) is 4.78. The fraction of sp³-hybridized carbons (Fsp3) is 0.238. The van der Waals surface area contributed by atoms with Crippen molar-refractivity contribution in [3.05, 3.63) is 66.1 Å². The highest BCUT2D eigenvalue weighted by atomic mass is 16.5. The van der Waals surface area contributed by atoms with E-state index in [1.807, 2.05) is 48.5 Å². The quantitative estimate of drug-likeness (QED) is 0.771. The Morgan fingerprint density at radius 1 is 1.12 bits per heavy atom. The Hall–Kier alpha value is -3.08. The van der Waals surface area contributed by atoms with Crippen molar-refractivity contribution in [3.8, 4) is 16.9 Å². The summed E-state index contributed by atoms with van der Waals surface area (Å²) in [7, 11) is 1.66. The van der Waals surface area contributed by atoms with E-state index in [0.717, 1.165) is 54.3 Å². The molecule has 0 saturated heterocycles. The first kappa shape index (κ1) is 16.4. The molecular weight excluding hydrogens is 326 g/mol. The van der Waals surface area contributed by atoms with Crippen molar-refractivity contribution >= 4 is 11.7 Å². The lowest BCUT2D eigenvalue weighted by atomic mass is 10.0. The van der Waals surface area contributed by atoms with E-state index in [2.05, 4.69) is 14.9 Å². The number of aryl methyl sites for hydroxylation is 1. The molecule has 0 bridgehead atoms. The second-order valence-corrected chi connectivity index (χ2v) is 6.40. The van der Waals surface area contributed by atoms with Gasteiger partial charge in [0.1, 0.15) is 17.4 Å². The van der Waals surface area contributed by atoms with Crippen LogP contribution in [0.5, 0.6) is 5.75 Å². The highest BCUT2D eigenvalue weighted by Crippen LogP contribution is 2.29. The second-order valence-electron chi connectivity index (χ2n) is 6.40. The smallest absolute Gasteiger partial charge is 0.256 e. The first-order chi connectivity index (χ1) is 12.8. The van der Waals surface area contributed by atoms with Crippen LogP contribution in [-0.4, -0.2) is 22.6 Å². The van der Waals surface area contributed by atoms with Gasteiger partial charge in [-0.3, -0.25) is 4.79 Å². The number of carbonyl (C=O) groups is 1. The Labute approximate surface area is 152 Å². The number of imidazole rings is 1. The molecular formula is C21H21N3O2. The zero-order valence-corrected chi connectivity index (χ0v) is 14.7. The lowest BCUT2D eigenvalue weighted by Gasteiger charge is -2.16. The molecule has 0 atom stereocenters. The van der Waals surface area contributed by atoms with Gasteiger partial charge >= 0.3 is 0 Å². The zero-order chi connectivity index (χ0) is 17.9. The van der Waals surface area contributed by atoms with Gasteiger partial charge in [-0.2, -0.15) is 0 Å². The number of nitrogens with one attached hydrogen (secondary N) is 1. The van der Waals surface area contributed by atoms with Crippen molar-refractivity contribution in [3.63, 3.8) is 0 Å². The standard InChI is InChI=1S/C21H21N3O2/c1-26-18-7-3-2-6-17(18)15-9-11-16(12-10-15)21(25)23-20-14-22-19-8-4-5-13-24(19)20/h2-3,6-7,9-12,14H,4-5,8,13H2,1H3,(H,23,25). The minimum atomic E-state index is -0.121. The molecule has 0 unspecified atom stereocenters. The van der Waals surface area contributed by atoms with Gasteiger partial charge in [0, 0.05) is 24.1 Å². The van der Waals surface area contributed by atoms with E-state index >= 15 is 0 Å². The van der Waals surface area contributed by atoms with Crippen LogP contribution in [0, 0.1) is 0 Å². The first-order valence-corrected chi connectivity index (χ1v) is 8.85. The Bertz CT molecular complexity index is 929. The van der Waals surface area contributed by atoms with E-state index in [1.54, 1.807) is 13.3 Å². The number of fused-ring (bicyclic) bond motifs is 1. The molecule has 5 nitrogen and oxygen atoms in total. The van der Waals surface area contributed by atoms with Gasteiger partial charge in [-0.1, -0.05) is 30.3 Å². The Balaban J connectivity index is 1.53. The SMILES string of the molecule is COc1ccccc1-c1ccc(C(=O)Nc2cnc3n2CCCC3)cc1. The number of hydrogen-bond acceptors (Lipinski definition) is 3. The fourth-order valence-electron chi connectivity index (χ4n) is 3.39. The molecule has 26 heavy (non-hydrogen) atoms. The summed E-state index contributed by atoms with van der Waals surface area (Å²) in [5.41, 5.74) is 2.64. The van der Waals surface area contributed by atoms with Gasteiger partial charge < -0.3 is 14.6 Å². The van der Waals surface area contributed by atoms with Crippen LogP contribution in [0.15, 0.2) is 54.7 Å². The van der Waals surface area contributed by atoms with Crippen LogP contribution in [0.1, 0.15) is 29.0 Å². The molecule has 2 heterocycles. The molecule has 1 aromatic heterocycles. The number of benzene rings is 2. The van der Waals surface area contributed by atoms with Gasteiger partial charge in [0.2, 0.25) is 0 Å². The summed E-state index contributed by atoms with van der Waals surface area (Å²) in [5.74, 6) is 2.53. The maximum absolute atomic E-state index is 12.6. The fourth-order valence-corrected chi connectivity index (χ4v) is 3.39. The third-order valence-corrected chi connectivity index (χ3v) is 4.78. The lowest BCUT2D eigenvalue weighted by Crippen LogP contribution is -2.18. The Morgan fingerprint density at radius 2 is 1.92 bits per heavy atom. The van der Waals surface area contributed by atoms with Crippen LogP contribution >= 0.6 is 0 Å². The van der Waals surface area contributed by atoms with E-state index in [0.29, 0.717) is 5.56 Å². The van der Waals surface area contributed by atoms with Gasteiger partial charge in [-0.25, -0.2) is 4.98 Å².